The van der Waals surface area contributed by atoms with Gasteiger partial charge in [0.15, 0.2) is 0 Å². The van der Waals surface area contributed by atoms with E-state index in [1.807, 2.05) is 0 Å². The highest BCUT2D eigenvalue weighted by Crippen LogP contribution is 2.20. The van der Waals surface area contributed by atoms with Gasteiger partial charge in [-0.05, 0) is 6.42 Å². The van der Waals surface area contributed by atoms with Crippen molar-refractivity contribution in [2.45, 2.75) is 18.9 Å². The Morgan fingerprint density at radius 3 is 2.46 bits per heavy atom. The van der Waals surface area contributed by atoms with Crippen LogP contribution in [0.4, 0.5) is 0 Å². The minimum absolute atomic E-state index is 0.0351. The largest absolute Gasteiger partial charge is 0.348 e. The zero-order valence-electron chi connectivity index (χ0n) is 8.71. The summed E-state index contributed by atoms with van der Waals surface area (Å²) in [5.41, 5.74) is 5.94. The maximum absolute atomic E-state index is 11.3. The molecule has 0 aromatic carbocycles. The first-order chi connectivity index (χ1) is 5.97. The second kappa shape index (κ2) is 3.64. The third-order valence-electron chi connectivity index (χ3n) is 2.64. The first kappa shape index (κ1) is 10.5. The number of carbonyl (C=O) groups excluding carboxylic acids is 1. The standard InChI is InChI=1S/C9H19N3O/c1-4-9(10)6-12(7-9)5-8(13)11(2)3/h4-7,10H2,1-3H3. The summed E-state index contributed by atoms with van der Waals surface area (Å²) < 4.78 is 0. The van der Waals surface area contributed by atoms with Gasteiger partial charge >= 0.3 is 0 Å². The molecule has 0 aromatic rings. The van der Waals surface area contributed by atoms with Crippen molar-refractivity contribution in [2.24, 2.45) is 5.73 Å². The van der Waals surface area contributed by atoms with E-state index in [1.165, 1.54) is 0 Å². The van der Waals surface area contributed by atoms with Crippen LogP contribution in [0.2, 0.25) is 0 Å². The molecule has 0 aliphatic carbocycles. The molecule has 76 valence electrons. The summed E-state index contributed by atoms with van der Waals surface area (Å²) in [4.78, 5) is 15.0. The number of rotatable bonds is 3. The summed E-state index contributed by atoms with van der Waals surface area (Å²) in [6.07, 6.45) is 0.986. The van der Waals surface area contributed by atoms with Gasteiger partial charge in [-0.1, -0.05) is 6.92 Å². The molecule has 4 nitrogen and oxygen atoms in total. The Bertz CT molecular complexity index is 197. The molecule has 0 unspecified atom stereocenters. The summed E-state index contributed by atoms with van der Waals surface area (Å²) in [5, 5.41) is 0. The summed E-state index contributed by atoms with van der Waals surface area (Å²) in [6, 6.07) is 0. The van der Waals surface area contributed by atoms with Gasteiger partial charge in [-0.25, -0.2) is 0 Å². The lowest BCUT2D eigenvalue weighted by atomic mass is 9.88. The number of nitrogens with two attached hydrogens (primary N) is 1. The topological polar surface area (TPSA) is 49.6 Å². The van der Waals surface area contributed by atoms with Crippen LogP contribution in [-0.2, 0) is 4.79 Å². The highest BCUT2D eigenvalue weighted by atomic mass is 16.2. The van der Waals surface area contributed by atoms with Gasteiger partial charge in [0.2, 0.25) is 5.91 Å². The summed E-state index contributed by atoms with van der Waals surface area (Å²) in [5.74, 6) is 0.151. The van der Waals surface area contributed by atoms with Crippen LogP contribution >= 0.6 is 0 Å². The average molecular weight is 185 g/mol. The molecule has 1 fully saturated rings. The van der Waals surface area contributed by atoms with E-state index in [0.717, 1.165) is 19.5 Å². The minimum atomic E-state index is -0.0351. The van der Waals surface area contributed by atoms with E-state index >= 15 is 0 Å². The van der Waals surface area contributed by atoms with Gasteiger partial charge in [0.1, 0.15) is 0 Å². The molecule has 1 heterocycles. The number of hydrogen-bond donors (Lipinski definition) is 1. The molecule has 2 N–H and O–H groups in total. The molecule has 0 atom stereocenters. The number of carbonyl (C=O) groups is 1. The first-order valence-corrected chi connectivity index (χ1v) is 4.68. The number of likely N-dealkylation sites (N-methyl/N-ethyl adjacent to an activating group) is 1. The Labute approximate surface area is 79.7 Å². The lowest BCUT2D eigenvalue weighted by Gasteiger charge is -2.47. The Hall–Kier alpha value is -0.610. The van der Waals surface area contributed by atoms with Crippen LogP contribution in [0.5, 0.6) is 0 Å². The maximum atomic E-state index is 11.3. The van der Waals surface area contributed by atoms with Gasteiger partial charge in [0.25, 0.3) is 0 Å². The van der Waals surface area contributed by atoms with Gasteiger partial charge < -0.3 is 10.6 Å². The van der Waals surface area contributed by atoms with E-state index in [2.05, 4.69) is 11.8 Å². The highest BCUT2D eigenvalue weighted by Gasteiger charge is 2.38. The van der Waals surface area contributed by atoms with Crippen LogP contribution in [0, 0.1) is 0 Å². The molecular formula is C9H19N3O. The molecule has 1 aliphatic heterocycles. The fourth-order valence-corrected chi connectivity index (χ4v) is 1.51. The van der Waals surface area contributed by atoms with Gasteiger partial charge in [-0.2, -0.15) is 0 Å². The molecule has 0 radical (unpaired) electrons. The third kappa shape index (κ3) is 2.42. The smallest absolute Gasteiger partial charge is 0.236 e. The molecule has 1 aliphatic rings. The zero-order valence-corrected chi connectivity index (χ0v) is 8.71. The first-order valence-electron chi connectivity index (χ1n) is 4.68. The molecule has 1 amide bonds. The molecule has 0 saturated carbocycles. The monoisotopic (exact) mass is 185 g/mol. The fraction of sp³-hybridized carbons (Fsp3) is 0.889. The zero-order chi connectivity index (χ0) is 10.1. The van der Waals surface area contributed by atoms with Crippen molar-refractivity contribution in [3.05, 3.63) is 0 Å². The summed E-state index contributed by atoms with van der Waals surface area (Å²) in [7, 11) is 3.55. The molecule has 0 bridgehead atoms. The quantitative estimate of drug-likeness (QED) is 0.645. The van der Waals surface area contributed by atoms with Crippen LogP contribution in [0.1, 0.15) is 13.3 Å². The number of amides is 1. The molecular weight excluding hydrogens is 166 g/mol. The van der Waals surface area contributed by atoms with Gasteiger partial charge in [0, 0.05) is 32.7 Å². The van der Waals surface area contributed by atoms with E-state index in [0.29, 0.717) is 6.54 Å². The normalized spacial score (nSPS) is 20.9. The average Bonchev–Trinajstić information content (AvgIpc) is 2.01. The molecule has 4 heteroatoms. The predicted octanol–water partition coefficient (Wildman–Crippen LogP) is -0.502. The lowest BCUT2D eigenvalue weighted by Crippen LogP contribution is -2.67. The van der Waals surface area contributed by atoms with Crippen molar-refractivity contribution in [3.8, 4) is 0 Å². The van der Waals surface area contributed by atoms with Crippen molar-refractivity contribution >= 4 is 5.91 Å². The van der Waals surface area contributed by atoms with Crippen LogP contribution in [-0.4, -0.2) is 55.0 Å². The Kier molecular flexibility index (Phi) is 2.93. The second-order valence-electron chi connectivity index (χ2n) is 4.15. The van der Waals surface area contributed by atoms with Crippen LogP contribution in [0.25, 0.3) is 0 Å². The second-order valence-corrected chi connectivity index (χ2v) is 4.15. The van der Waals surface area contributed by atoms with Crippen LogP contribution in [0.15, 0.2) is 0 Å². The van der Waals surface area contributed by atoms with Crippen LogP contribution in [0.3, 0.4) is 0 Å². The van der Waals surface area contributed by atoms with Gasteiger partial charge in [0.05, 0.1) is 6.54 Å². The summed E-state index contributed by atoms with van der Waals surface area (Å²) in [6.45, 7) is 4.29. The van der Waals surface area contributed by atoms with E-state index in [1.54, 1.807) is 19.0 Å². The Morgan fingerprint density at radius 1 is 1.54 bits per heavy atom. The minimum Gasteiger partial charge on any atom is -0.348 e. The number of hydrogen-bond acceptors (Lipinski definition) is 3. The van der Waals surface area contributed by atoms with Crippen molar-refractivity contribution < 1.29 is 4.79 Å². The number of likely N-dealkylation sites (tertiary alicyclic amines) is 1. The molecule has 0 spiro atoms. The Morgan fingerprint density at radius 2 is 2.08 bits per heavy atom. The third-order valence-corrected chi connectivity index (χ3v) is 2.64. The van der Waals surface area contributed by atoms with Crippen molar-refractivity contribution in [2.75, 3.05) is 33.7 Å². The van der Waals surface area contributed by atoms with E-state index in [-0.39, 0.29) is 11.4 Å². The lowest BCUT2D eigenvalue weighted by molar-refractivity contribution is -0.131. The van der Waals surface area contributed by atoms with E-state index in [9.17, 15) is 4.79 Å². The molecule has 0 aromatic heterocycles. The van der Waals surface area contributed by atoms with E-state index in [4.69, 9.17) is 5.73 Å². The molecule has 1 rings (SSSR count). The number of nitrogens with zero attached hydrogens (tertiary/aromatic N) is 2. The predicted molar refractivity (Wildman–Crippen MR) is 52.3 cm³/mol. The fourth-order valence-electron chi connectivity index (χ4n) is 1.51. The van der Waals surface area contributed by atoms with Gasteiger partial charge in [-0.3, -0.25) is 9.69 Å². The Balaban J connectivity index is 2.25. The van der Waals surface area contributed by atoms with Gasteiger partial charge in [-0.15, -0.1) is 0 Å². The van der Waals surface area contributed by atoms with Crippen LogP contribution < -0.4 is 5.73 Å². The van der Waals surface area contributed by atoms with Crippen molar-refractivity contribution in [1.82, 2.24) is 9.80 Å². The molecule has 1 saturated heterocycles. The molecule has 13 heavy (non-hydrogen) atoms. The van der Waals surface area contributed by atoms with E-state index < -0.39 is 0 Å². The van der Waals surface area contributed by atoms with Crippen molar-refractivity contribution in [3.63, 3.8) is 0 Å². The maximum Gasteiger partial charge on any atom is 0.236 e. The highest BCUT2D eigenvalue weighted by molar-refractivity contribution is 5.77. The summed E-state index contributed by atoms with van der Waals surface area (Å²) >= 11 is 0. The van der Waals surface area contributed by atoms with Crippen molar-refractivity contribution in [1.29, 1.82) is 0 Å². The SMILES string of the molecule is CCC1(N)CN(CC(=O)N(C)C)C1.